The standard InChI is InChI=1S/C12H11F4N3/c13-11-2-8(4-17)1-9(3-11)6-19-7-10(5-18-19)12(14,15)16/h1-3,5,7H,4,6,17H2. The van der Waals surface area contributed by atoms with Gasteiger partial charge in [0.25, 0.3) is 0 Å². The second-order valence-electron chi connectivity index (χ2n) is 4.10. The zero-order chi connectivity index (χ0) is 14.0. The minimum absolute atomic E-state index is 0.0564. The lowest BCUT2D eigenvalue weighted by Gasteiger charge is -2.05. The summed E-state index contributed by atoms with van der Waals surface area (Å²) >= 11 is 0. The molecule has 3 nitrogen and oxygen atoms in total. The molecule has 1 aromatic heterocycles. The van der Waals surface area contributed by atoms with Crippen LogP contribution in [0.15, 0.2) is 30.6 Å². The molecule has 2 N–H and O–H groups in total. The maximum Gasteiger partial charge on any atom is 0.419 e. The molecule has 0 fully saturated rings. The van der Waals surface area contributed by atoms with Crippen LogP contribution >= 0.6 is 0 Å². The third-order valence-electron chi connectivity index (χ3n) is 2.56. The summed E-state index contributed by atoms with van der Waals surface area (Å²) in [4.78, 5) is 0. The summed E-state index contributed by atoms with van der Waals surface area (Å²) in [5.74, 6) is -0.471. The van der Waals surface area contributed by atoms with Crippen molar-refractivity contribution < 1.29 is 17.6 Å². The lowest BCUT2D eigenvalue weighted by atomic mass is 10.1. The molecule has 0 saturated carbocycles. The Morgan fingerprint density at radius 1 is 1.16 bits per heavy atom. The van der Waals surface area contributed by atoms with E-state index in [-0.39, 0.29) is 13.1 Å². The number of nitrogens with two attached hydrogens (primary N) is 1. The molecule has 0 radical (unpaired) electrons. The fourth-order valence-corrected chi connectivity index (χ4v) is 1.71. The molecule has 2 rings (SSSR count). The fourth-order valence-electron chi connectivity index (χ4n) is 1.71. The molecule has 2 aromatic rings. The molecule has 0 amide bonds. The number of hydrogen-bond acceptors (Lipinski definition) is 2. The van der Waals surface area contributed by atoms with Gasteiger partial charge in [-0.05, 0) is 23.3 Å². The van der Waals surface area contributed by atoms with Crippen LogP contribution in [0.2, 0.25) is 0 Å². The van der Waals surface area contributed by atoms with E-state index in [1.807, 2.05) is 0 Å². The molecule has 1 heterocycles. The third kappa shape index (κ3) is 3.31. The maximum atomic E-state index is 13.2. The fraction of sp³-hybridized carbons (Fsp3) is 0.250. The van der Waals surface area contributed by atoms with Gasteiger partial charge < -0.3 is 5.73 Å². The van der Waals surface area contributed by atoms with Crippen molar-refractivity contribution in [2.45, 2.75) is 19.3 Å². The summed E-state index contributed by atoms with van der Waals surface area (Å²) in [5.41, 5.74) is 5.67. The number of halogens is 4. The van der Waals surface area contributed by atoms with Crippen LogP contribution in [-0.2, 0) is 19.3 Å². The van der Waals surface area contributed by atoms with E-state index in [1.165, 1.54) is 12.1 Å². The van der Waals surface area contributed by atoms with E-state index in [9.17, 15) is 17.6 Å². The van der Waals surface area contributed by atoms with Crippen molar-refractivity contribution in [2.75, 3.05) is 0 Å². The maximum absolute atomic E-state index is 13.2. The molecule has 19 heavy (non-hydrogen) atoms. The van der Waals surface area contributed by atoms with Gasteiger partial charge in [-0.1, -0.05) is 6.07 Å². The van der Waals surface area contributed by atoms with E-state index in [0.29, 0.717) is 11.1 Å². The summed E-state index contributed by atoms with van der Waals surface area (Å²) in [7, 11) is 0. The summed E-state index contributed by atoms with van der Waals surface area (Å²) < 4.78 is 51.5. The minimum Gasteiger partial charge on any atom is -0.326 e. The van der Waals surface area contributed by atoms with Gasteiger partial charge in [-0.3, -0.25) is 4.68 Å². The van der Waals surface area contributed by atoms with Crippen molar-refractivity contribution in [1.82, 2.24) is 9.78 Å². The van der Waals surface area contributed by atoms with Crippen molar-refractivity contribution >= 4 is 0 Å². The van der Waals surface area contributed by atoms with Crippen LogP contribution < -0.4 is 5.73 Å². The van der Waals surface area contributed by atoms with Crippen molar-refractivity contribution in [2.24, 2.45) is 5.73 Å². The monoisotopic (exact) mass is 273 g/mol. The highest BCUT2D eigenvalue weighted by atomic mass is 19.4. The number of rotatable bonds is 3. The van der Waals surface area contributed by atoms with Crippen molar-refractivity contribution in [3.8, 4) is 0 Å². The molecule has 0 atom stereocenters. The van der Waals surface area contributed by atoms with Crippen molar-refractivity contribution in [3.05, 3.63) is 53.1 Å². The van der Waals surface area contributed by atoms with Crippen molar-refractivity contribution in [3.63, 3.8) is 0 Å². The van der Waals surface area contributed by atoms with Gasteiger partial charge in [-0.25, -0.2) is 4.39 Å². The predicted octanol–water partition coefficient (Wildman–Crippen LogP) is 2.55. The average molecular weight is 273 g/mol. The molecule has 0 saturated heterocycles. The first kappa shape index (κ1) is 13.5. The lowest BCUT2D eigenvalue weighted by Crippen LogP contribution is -2.05. The van der Waals surface area contributed by atoms with Crippen LogP contribution in [0.4, 0.5) is 17.6 Å². The first-order valence-corrected chi connectivity index (χ1v) is 5.46. The van der Waals surface area contributed by atoms with E-state index >= 15 is 0 Å². The van der Waals surface area contributed by atoms with E-state index in [0.717, 1.165) is 17.1 Å². The summed E-state index contributed by atoms with van der Waals surface area (Å²) in [6, 6.07) is 4.17. The molecule has 0 spiro atoms. The lowest BCUT2D eigenvalue weighted by molar-refractivity contribution is -0.137. The molecular weight excluding hydrogens is 262 g/mol. The highest BCUT2D eigenvalue weighted by Crippen LogP contribution is 2.28. The van der Waals surface area contributed by atoms with E-state index in [1.54, 1.807) is 6.07 Å². The molecule has 0 aliphatic heterocycles. The Balaban J connectivity index is 2.21. The van der Waals surface area contributed by atoms with Crippen LogP contribution in [0.1, 0.15) is 16.7 Å². The summed E-state index contributed by atoms with van der Waals surface area (Å²) in [6.07, 6.45) is -2.81. The van der Waals surface area contributed by atoms with Gasteiger partial charge in [0.05, 0.1) is 18.3 Å². The van der Waals surface area contributed by atoms with Gasteiger partial charge in [-0.2, -0.15) is 18.3 Å². The average Bonchev–Trinajstić information content (AvgIpc) is 2.76. The molecule has 0 unspecified atom stereocenters. The number of hydrogen-bond donors (Lipinski definition) is 1. The topological polar surface area (TPSA) is 43.8 Å². The molecule has 0 bridgehead atoms. The predicted molar refractivity (Wildman–Crippen MR) is 60.6 cm³/mol. The normalized spacial score (nSPS) is 11.8. The van der Waals surface area contributed by atoms with Crippen LogP contribution in [0.5, 0.6) is 0 Å². The SMILES string of the molecule is NCc1cc(F)cc(Cn2cc(C(F)(F)F)cn2)c1. The van der Waals surface area contributed by atoms with E-state index in [2.05, 4.69) is 5.10 Å². The molecular formula is C12H11F4N3. The third-order valence-corrected chi connectivity index (χ3v) is 2.56. The van der Waals surface area contributed by atoms with Gasteiger partial charge in [0.2, 0.25) is 0 Å². The van der Waals surface area contributed by atoms with Crippen LogP contribution in [0, 0.1) is 5.82 Å². The Morgan fingerprint density at radius 3 is 2.42 bits per heavy atom. The Hall–Kier alpha value is -1.89. The van der Waals surface area contributed by atoms with E-state index in [4.69, 9.17) is 5.73 Å². The first-order valence-electron chi connectivity index (χ1n) is 5.46. The van der Waals surface area contributed by atoms with Crippen molar-refractivity contribution in [1.29, 1.82) is 0 Å². The Labute approximate surface area is 106 Å². The summed E-state index contributed by atoms with van der Waals surface area (Å²) in [6.45, 7) is 0.221. The summed E-state index contributed by atoms with van der Waals surface area (Å²) in [5, 5.41) is 3.61. The number of nitrogens with zero attached hydrogens (tertiary/aromatic N) is 2. The zero-order valence-corrected chi connectivity index (χ0v) is 9.78. The Morgan fingerprint density at radius 2 is 1.84 bits per heavy atom. The molecule has 0 aliphatic carbocycles. The van der Waals surface area contributed by atoms with Gasteiger partial charge in [0.15, 0.2) is 0 Å². The van der Waals surface area contributed by atoms with Crippen LogP contribution in [0.3, 0.4) is 0 Å². The Bertz CT molecular complexity index is 575. The zero-order valence-electron chi connectivity index (χ0n) is 9.78. The molecule has 1 aromatic carbocycles. The Kier molecular flexibility index (Phi) is 3.57. The second-order valence-corrected chi connectivity index (χ2v) is 4.10. The quantitative estimate of drug-likeness (QED) is 0.873. The largest absolute Gasteiger partial charge is 0.419 e. The smallest absolute Gasteiger partial charge is 0.326 e. The highest BCUT2D eigenvalue weighted by Gasteiger charge is 2.32. The van der Waals surface area contributed by atoms with Gasteiger partial charge in [0, 0.05) is 12.7 Å². The molecule has 0 aliphatic rings. The first-order chi connectivity index (χ1) is 8.88. The number of aromatic nitrogens is 2. The number of benzene rings is 1. The highest BCUT2D eigenvalue weighted by molar-refractivity contribution is 5.25. The second kappa shape index (κ2) is 5.00. The van der Waals surface area contributed by atoms with Gasteiger partial charge >= 0.3 is 6.18 Å². The van der Waals surface area contributed by atoms with E-state index < -0.39 is 17.6 Å². The van der Waals surface area contributed by atoms with Gasteiger partial charge in [-0.15, -0.1) is 0 Å². The van der Waals surface area contributed by atoms with Crippen LogP contribution in [0.25, 0.3) is 0 Å². The minimum atomic E-state index is -4.43. The molecule has 102 valence electrons. The molecule has 7 heteroatoms. The van der Waals surface area contributed by atoms with Gasteiger partial charge in [0.1, 0.15) is 5.82 Å². The number of alkyl halides is 3. The van der Waals surface area contributed by atoms with Crippen LogP contribution in [-0.4, -0.2) is 9.78 Å².